The summed E-state index contributed by atoms with van der Waals surface area (Å²) in [5, 5.41) is 0. The van der Waals surface area contributed by atoms with Crippen LogP contribution in [0.1, 0.15) is 6.92 Å². The fourth-order valence-corrected chi connectivity index (χ4v) is 7.41. The molecule has 17 heavy (non-hydrogen) atoms. The molecule has 6 heteroatoms. The summed E-state index contributed by atoms with van der Waals surface area (Å²) < 4.78 is 14.3. The number of carbonyl (C=O) groups is 1. The van der Waals surface area contributed by atoms with Crippen LogP contribution in [0.2, 0.25) is 0 Å². The molecule has 1 aliphatic rings. The van der Waals surface area contributed by atoms with Crippen molar-refractivity contribution in [1.82, 2.24) is 3.53 Å². The second kappa shape index (κ2) is 4.23. The summed E-state index contributed by atoms with van der Waals surface area (Å²) in [6.07, 6.45) is 0. The molecule has 2 aromatic rings. The average Bonchev–Trinajstić information content (AvgIpc) is 3.00. The van der Waals surface area contributed by atoms with E-state index in [0.717, 1.165) is 5.58 Å². The topological polar surface area (TPSA) is 61.4 Å². The van der Waals surface area contributed by atoms with Crippen molar-refractivity contribution in [1.29, 1.82) is 0 Å². The van der Waals surface area contributed by atoms with Crippen LogP contribution in [0, 0.1) is 0 Å². The van der Waals surface area contributed by atoms with Crippen molar-refractivity contribution >= 4 is 17.1 Å². The van der Waals surface area contributed by atoms with Crippen LogP contribution in [0.25, 0.3) is 11.2 Å². The minimum absolute atomic E-state index is 0.0188. The zero-order valence-electron chi connectivity index (χ0n) is 9.29. The van der Waals surface area contributed by atoms with Crippen molar-refractivity contribution in [2.24, 2.45) is 0 Å². The molecule has 2 unspecified atom stereocenters. The van der Waals surface area contributed by atoms with Crippen LogP contribution in [0.3, 0.4) is 0 Å². The van der Waals surface area contributed by atoms with E-state index in [0.29, 0.717) is 15.4 Å². The molecule has 1 saturated heterocycles. The second-order valence-corrected chi connectivity index (χ2v) is 9.76. The van der Waals surface area contributed by atoms with E-state index in [9.17, 15) is 4.79 Å². The van der Waals surface area contributed by atoms with Crippen LogP contribution < -0.4 is 51.0 Å². The van der Waals surface area contributed by atoms with E-state index in [-0.39, 0.29) is 52.1 Å². The molecule has 1 fully saturated rings. The zero-order valence-corrected chi connectivity index (χ0v) is 13.6. The van der Waals surface area contributed by atoms with Gasteiger partial charge in [0.25, 0.3) is 0 Å². The number of ether oxygens (including phenoxy) is 1. The quantitative estimate of drug-likeness (QED) is 0.0950. The number of hydrogen-bond donors (Lipinski definition) is 1. The number of benzene rings is 1. The first-order chi connectivity index (χ1) is 8.13. The summed E-state index contributed by atoms with van der Waals surface area (Å²) in [4.78, 5) is 14.4. The van der Waals surface area contributed by atoms with Gasteiger partial charge in [0.1, 0.15) is 0 Å². The molecule has 0 saturated carbocycles. The van der Waals surface area contributed by atoms with Gasteiger partial charge < -0.3 is 0 Å². The SMILES string of the molecule is C[I-]C(C)(C(=O)Oc1cc2ccc1o2)C1N[I-]1. The Kier molecular flexibility index (Phi) is 2.98. The van der Waals surface area contributed by atoms with Gasteiger partial charge in [0.2, 0.25) is 0 Å². The molecule has 0 radical (unpaired) electrons. The first kappa shape index (κ1) is 12.0. The summed E-state index contributed by atoms with van der Waals surface area (Å²) in [6, 6.07) is 5.47. The summed E-state index contributed by atoms with van der Waals surface area (Å²) in [7, 11) is 0. The molecule has 0 aromatic carbocycles. The summed E-state index contributed by atoms with van der Waals surface area (Å²) in [6.45, 7) is 2.02. The average molecular weight is 459 g/mol. The van der Waals surface area contributed by atoms with Gasteiger partial charge in [-0.1, -0.05) is 0 Å². The number of furan rings is 2. The molecule has 2 aromatic heterocycles. The Balaban J connectivity index is 1.80. The van der Waals surface area contributed by atoms with Crippen LogP contribution in [-0.2, 0) is 4.79 Å². The van der Waals surface area contributed by atoms with Gasteiger partial charge in [0, 0.05) is 0 Å². The van der Waals surface area contributed by atoms with E-state index in [4.69, 9.17) is 9.15 Å². The Labute approximate surface area is 120 Å². The number of esters is 1. The van der Waals surface area contributed by atoms with E-state index in [1.165, 1.54) is 0 Å². The Morgan fingerprint density at radius 3 is 2.88 bits per heavy atom. The number of rotatable bonds is 4. The molecule has 3 rings (SSSR count). The molecule has 0 amide bonds. The molecule has 3 heterocycles. The molecule has 94 valence electrons. The van der Waals surface area contributed by atoms with Crippen molar-refractivity contribution in [2.45, 2.75) is 14.4 Å². The third-order valence-electron chi connectivity index (χ3n) is 2.83. The van der Waals surface area contributed by atoms with E-state index < -0.39 is 0 Å². The monoisotopic (exact) mass is 459 g/mol. The summed E-state index contributed by atoms with van der Waals surface area (Å²) >= 11 is -0.183. The predicted octanol–water partition coefficient (Wildman–Crippen LogP) is -4.81. The predicted molar refractivity (Wildman–Crippen MR) is 54.3 cm³/mol. The van der Waals surface area contributed by atoms with E-state index in [2.05, 4.69) is 8.46 Å². The molecular formula is C11H11I2NO3-2. The standard InChI is InChI=1S/C11H11I2NO3/c1-11(12-2,9-13-14-9)10(15)17-8-5-6-3-4-7(8)16-6/h3-5,9,14H,1-2H3/q-2. The van der Waals surface area contributed by atoms with Gasteiger partial charge in [0.05, 0.1) is 0 Å². The van der Waals surface area contributed by atoms with Crippen LogP contribution >= 0.6 is 0 Å². The first-order valence-electron chi connectivity index (χ1n) is 5.06. The Morgan fingerprint density at radius 2 is 2.41 bits per heavy atom. The van der Waals surface area contributed by atoms with Gasteiger partial charge in [-0.15, -0.1) is 0 Å². The number of carbonyl (C=O) groups excluding carboxylic acids is 1. The van der Waals surface area contributed by atoms with Gasteiger partial charge in [-0.2, -0.15) is 0 Å². The molecule has 0 aliphatic carbocycles. The van der Waals surface area contributed by atoms with Gasteiger partial charge >= 0.3 is 121 Å². The van der Waals surface area contributed by atoms with Gasteiger partial charge in [-0.3, -0.25) is 0 Å². The van der Waals surface area contributed by atoms with Crippen molar-refractivity contribution < 1.29 is 56.6 Å². The minimum atomic E-state index is -0.288. The zero-order chi connectivity index (χ0) is 12.0. The molecule has 2 bridgehead atoms. The molecule has 1 aliphatic heterocycles. The number of halogens is 2. The third-order valence-corrected chi connectivity index (χ3v) is 9.82. The molecule has 0 spiro atoms. The van der Waals surface area contributed by atoms with Crippen LogP contribution in [0.15, 0.2) is 22.6 Å². The molecule has 4 nitrogen and oxygen atoms in total. The normalized spacial score (nSPS) is 23.3. The summed E-state index contributed by atoms with van der Waals surface area (Å²) in [5.41, 5.74) is 1.41. The molecule has 1 N–H and O–H groups in total. The van der Waals surface area contributed by atoms with Crippen LogP contribution in [0.4, 0.5) is 0 Å². The van der Waals surface area contributed by atoms with E-state index in [1.54, 1.807) is 6.07 Å². The van der Waals surface area contributed by atoms with Crippen LogP contribution in [0.5, 0.6) is 5.75 Å². The fraction of sp³-hybridized carbons (Fsp3) is 0.364. The van der Waals surface area contributed by atoms with E-state index in [1.807, 2.05) is 19.1 Å². The Hall–Kier alpha value is -0.0900. The second-order valence-electron chi connectivity index (χ2n) is 3.95. The van der Waals surface area contributed by atoms with E-state index >= 15 is 0 Å². The number of hydrogen-bond acceptors (Lipinski definition) is 4. The number of fused-ring (bicyclic) bond motifs is 2. The van der Waals surface area contributed by atoms with Crippen molar-refractivity contribution in [3.8, 4) is 5.75 Å². The summed E-state index contributed by atoms with van der Waals surface area (Å²) in [5.74, 6) is 0.460. The number of alkyl halides is 3. The number of nitrogens with one attached hydrogen (secondary N) is 1. The third kappa shape index (κ3) is 2.03. The Morgan fingerprint density at radius 1 is 1.65 bits per heavy atom. The first-order valence-corrected chi connectivity index (χ1v) is 10.6. The van der Waals surface area contributed by atoms with Gasteiger partial charge in [0.15, 0.2) is 0 Å². The van der Waals surface area contributed by atoms with Crippen molar-refractivity contribution in [3.05, 3.63) is 18.2 Å². The maximum atomic E-state index is 12.2. The fourth-order valence-electron chi connectivity index (χ4n) is 1.56. The van der Waals surface area contributed by atoms with Gasteiger partial charge in [-0.05, 0) is 0 Å². The van der Waals surface area contributed by atoms with Crippen LogP contribution in [-0.4, -0.2) is 18.4 Å². The Bertz CT molecular complexity index is 551. The molecular weight excluding hydrogens is 448 g/mol. The maximum absolute atomic E-state index is 12.2. The van der Waals surface area contributed by atoms with Crippen molar-refractivity contribution in [2.75, 3.05) is 4.93 Å². The van der Waals surface area contributed by atoms with Gasteiger partial charge in [-0.25, -0.2) is 0 Å². The van der Waals surface area contributed by atoms with Crippen molar-refractivity contribution in [3.63, 3.8) is 0 Å². The molecule has 2 atom stereocenters.